The Kier molecular flexibility index (Phi) is 4.42. The highest BCUT2D eigenvalue weighted by Gasteiger charge is 2.19. The van der Waals surface area contributed by atoms with Crippen LogP contribution in [0.5, 0.6) is 0 Å². The van der Waals surface area contributed by atoms with Gasteiger partial charge in [0.1, 0.15) is 5.82 Å². The summed E-state index contributed by atoms with van der Waals surface area (Å²) in [4.78, 5) is 17.8. The topological polar surface area (TPSA) is 73.4 Å². The number of nitrogens with zero attached hydrogens (tertiary/aromatic N) is 3. The number of ether oxygens (including phenoxy) is 1. The summed E-state index contributed by atoms with van der Waals surface area (Å²) in [6.45, 7) is 3.14. The molecule has 0 aromatic carbocycles. The number of likely N-dealkylation sites (tertiary alicyclic amines) is 1. The van der Waals surface area contributed by atoms with Gasteiger partial charge < -0.3 is 19.9 Å². The van der Waals surface area contributed by atoms with Crippen molar-refractivity contribution in [2.24, 2.45) is 5.92 Å². The molecule has 2 heterocycles. The first-order valence-corrected chi connectivity index (χ1v) is 6.69. The van der Waals surface area contributed by atoms with Gasteiger partial charge >= 0.3 is 5.97 Å². The predicted octanol–water partition coefficient (Wildman–Crippen LogP) is 0.984. The Hall–Kier alpha value is -1.56. The van der Waals surface area contributed by atoms with Crippen molar-refractivity contribution in [3.8, 4) is 0 Å². The molecule has 1 saturated heterocycles. The molecule has 0 aliphatic carbocycles. The second-order valence-electron chi connectivity index (χ2n) is 5.20. The molecule has 0 saturated carbocycles. The van der Waals surface area contributed by atoms with E-state index in [1.54, 1.807) is 6.33 Å². The first-order valence-electron chi connectivity index (χ1n) is 6.69. The van der Waals surface area contributed by atoms with Crippen LogP contribution in [0.2, 0.25) is 0 Å². The quantitative estimate of drug-likeness (QED) is 0.822. The first kappa shape index (κ1) is 13.9. The number of carbonyl (C=O) groups is 1. The third-order valence-electron chi connectivity index (χ3n) is 3.87. The second-order valence-corrected chi connectivity index (χ2v) is 5.20. The number of hydrogen-bond donors (Lipinski definition) is 1. The Morgan fingerprint density at radius 3 is 2.84 bits per heavy atom. The molecule has 2 N–H and O–H groups in total. The summed E-state index contributed by atoms with van der Waals surface area (Å²) in [5, 5.41) is 0. The summed E-state index contributed by atoms with van der Waals surface area (Å²) in [6, 6.07) is 0. The predicted molar refractivity (Wildman–Crippen MR) is 72.8 cm³/mol. The van der Waals surface area contributed by atoms with Crippen molar-refractivity contribution in [2.75, 3.05) is 33.0 Å². The molecule has 106 valence electrons. The molecule has 1 aliphatic rings. The fourth-order valence-corrected chi connectivity index (χ4v) is 2.50. The van der Waals surface area contributed by atoms with Crippen molar-refractivity contribution < 1.29 is 9.53 Å². The van der Waals surface area contributed by atoms with E-state index in [2.05, 4.69) is 21.7 Å². The van der Waals surface area contributed by atoms with Gasteiger partial charge in [0.05, 0.1) is 13.4 Å². The summed E-state index contributed by atoms with van der Waals surface area (Å²) in [6.07, 6.45) is 5.16. The number of hydrogen-bond acceptors (Lipinski definition) is 5. The molecular weight excluding hydrogens is 244 g/mol. The average molecular weight is 266 g/mol. The molecular formula is C13H22N4O2. The largest absolute Gasteiger partial charge is 0.464 e. The van der Waals surface area contributed by atoms with Gasteiger partial charge in [-0.15, -0.1) is 0 Å². The molecule has 0 radical (unpaired) electrons. The van der Waals surface area contributed by atoms with E-state index in [0.29, 0.717) is 5.82 Å². The van der Waals surface area contributed by atoms with Gasteiger partial charge in [-0.2, -0.15) is 0 Å². The molecule has 0 spiro atoms. The van der Waals surface area contributed by atoms with E-state index in [-0.39, 0.29) is 5.69 Å². The molecule has 0 bridgehead atoms. The lowest BCUT2D eigenvalue weighted by Crippen LogP contribution is -2.30. The van der Waals surface area contributed by atoms with Gasteiger partial charge in [-0.1, -0.05) is 0 Å². The molecule has 0 atom stereocenters. The second kappa shape index (κ2) is 6.06. The van der Waals surface area contributed by atoms with Gasteiger partial charge in [0.25, 0.3) is 0 Å². The maximum atomic E-state index is 11.4. The lowest BCUT2D eigenvalue weighted by Gasteiger charge is -2.28. The van der Waals surface area contributed by atoms with Crippen molar-refractivity contribution in [2.45, 2.75) is 25.8 Å². The Bertz CT molecular complexity index is 436. The smallest absolute Gasteiger partial charge is 0.360 e. The minimum absolute atomic E-state index is 0.214. The maximum Gasteiger partial charge on any atom is 0.360 e. The summed E-state index contributed by atoms with van der Waals surface area (Å²) in [5.41, 5.74) is 6.12. The minimum atomic E-state index is -0.476. The van der Waals surface area contributed by atoms with E-state index in [1.165, 1.54) is 20.0 Å². The van der Waals surface area contributed by atoms with E-state index in [9.17, 15) is 4.79 Å². The monoisotopic (exact) mass is 266 g/mol. The van der Waals surface area contributed by atoms with Crippen LogP contribution >= 0.6 is 0 Å². The number of rotatable bonds is 4. The molecule has 6 heteroatoms. The molecule has 0 amide bonds. The summed E-state index contributed by atoms with van der Waals surface area (Å²) in [7, 11) is 3.49. The molecule has 1 aromatic heterocycles. The Morgan fingerprint density at radius 1 is 1.53 bits per heavy atom. The first-order chi connectivity index (χ1) is 9.11. The lowest BCUT2D eigenvalue weighted by molar-refractivity contribution is 0.0596. The SMILES string of the molecule is COC(=O)c1ncn(CCC2CCN(C)CC2)c1N. The number of anilines is 1. The van der Waals surface area contributed by atoms with Crippen molar-refractivity contribution >= 4 is 11.8 Å². The zero-order valence-corrected chi connectivity index (χ0v) is 11.6. The summed E-state index contributed by atoms with van der Waals surface area (Å²) < 4.78 is 6.47. The van der Waals surface area contributed by atoms with Crippen LogP contribution in [-0.2, 0) is 11.3 Å². The van der Waals surface area contributed by atoms with Gasteiger partial charge in [-0.3, -0.25) is 0 Å². The molecule has 1 aromatic rings. The van der Waals surface area contributed by atoms with Crippen LogP contribution < -0.4 is 5.73 Å². The third kappa shape index (κ3) is 3.26. The van der Waals surface area contributed by atoms with Crippen molar-refractivity contribution in [3.63, 3.8) is 0 Å². The van der Waals surface area contributed by atoms with Crippen molar-refractivity contribution in [1.82, 2.24) is 14.5 Å². The molecule has 19 heavy (non-hydrogen) atoms. The Balaban J connectivity index is 1.89. The average Bonchev–Trinajstić information content (AvgIpc) is 2.79. The highest BCUT2D eigenvalue weighted by atomic mass is 16.5. The van der Waals surface area contributed by atoms with Gasteiger partial charge in [-0.25, -0.2) is 9.78 Å². The van der Waals surface area contributed by atoms with E-state index in [4.69, 9.17) is 5.73 Å². The number of nitrogens with two attached hydrogens (primary N) is 1. The summed E-state index contributed by atoms with van der Waals surface area (Å²) >= 11 is 0. The number of aromatic nitrogens is 2. The van der Waals surface area contributed by atoms with Crippen LogP contribution in [0.15, 0.2) is 6.33 Å². The van der Waals surface area contributed by atoms with Crippen LogP contribution in [0.4, 0.5) is 5.82 Å². The Morgan fingerprint density at radius 2 is 2.21 bits per heavy atom. The van der Waals surface area contributed by atoms with Gasteiger partial charge in [0.2, 0.25) is 0 Å². The van der Waals surface area contributed by atoms with Crippen LogP contribution in [-0.4, -0.2) is 47.7 Å². The van der Waals surface area contributed by atoms with E-state index < -0.39 is 5.97 Å². The van der Waals surface area contributed by atoms with Crippen molar-refractivity contribution in [1.29, 1.82) is 0 Å². The minimum Gasteiger partial charge on any atom is -0.464 e. The number of esters is 1. The van der Waals surface area contributed by atoms with Gasteiger partial charge in [0, 0.05) is 6.54 Å². The zero-order valence-electron chi connectivity index (χ0n) is 11.6. The van der Waals surface area contributed by atoms with Crippen LogP contribution in [0.25, 0.3) is 0 Å². The fraction of sp³-hybridized carbons (Fsp3) is 0.692. The number of imidazole rings is 1. The number of aryl methyl sites for hydroxylation is 1. The zero-order chi connectivity index (χ0) is 13.8. The highest BCUT2D eigenvalue weighted by Crippen LogP contribution is 2.21. The lowest BCUT2D eigenvalue weighted by atomic mass is 9.94. The van der Waals surface area contributed by atoms with E-state index in [0.717, 1.165) is 32.0 Å². The number of nitrogen functional groups attached to an aromatic ring is 1. The molecule has 1 fully saturated rings. The fourth-order valence-electron chi connectivity index (χ4n) is 2.50. The standard InChI is InChI=1S/C13H22N4O2/c1-16-6-3-10(4-7-16)5-8-17-9-15-11(12(17)14)13(18)19-2/h9-10H,3-8,14H2,1-2H3. The van der Waals surface area contributed by atoms with Crippen molar-refractivity contribution in [3.05, 3.63) is 12.0 Å². The molecule has 2 rings (SSSR count). The maximum absolute atomic E-state index is 11.4. The number of methoxy groups -OCH3 is 1. The van der Waals surface area contributed by atoms with Crippen LogP contribution in [0.3, 0.4) is 0 Å². The van der Waals surface area contributed by atoms with Gasteiger partial charge in [0.15, 0.2) is 5.69 Å². The molecule has 6 nitrogen and oxygen atoms in total. The van der Waals surface area contributed by atoms with E-state index in [1.807, 2.05) is 4.57 Å². The molecule has 0 unspecified atom stereocenters. The summed E-state index contributed by atoms with van der Waals surface area (Å²) in [5.74, 6) is 0.662. The van der Waals surface area contributed by atoms with E-state index >= 15 is 0 Å². The number of piperidine rings is 1. The Labute approximate surface area is 113 Å². The highest BCUT2D eigenvalue weighted by molar-refractivity contribution is 5.91. The number of carbonyl (C=O) groups excluding carboxylic acids is 1. The van der Waals surface area contributed by atoms with Gasteiger partial charge in [-0.05, 0) is 45.3 Å². The third-order valence-corrected chi connectivity index (χ3v) is 3.87. The molecule has 1 aliphatic heterocycles. The van der Waals surface area contributed by atoms with Crippen LogP contribution in [0.1, 0.15) is 29.8 Å². The normalized spacial score (nSPS) is 17.6. The van der Waals surface area contributed by atoms with Crippen LogP contribution in [0, 0.1) is 5.92 Å².